The van der Waals surface area contributed by atoms with Gasteiger partial charge in [0.05, 0.1) is 12.7 Å². The van der Waals surface area contributed by atoms with Crippen LogP contribution in [0, 0.1) is 0 Å². The van der Waals surface area contributed by atoms with E-state index in [2.05, 4.69) is 10.9 Å². The molecule has 23 heavy (non-hydrogen) atoms. The molecule has 7 nitrogen and oxygen atoms in total. The molecule has 1 aromatic heterocycles. The first-order chi connectivity index (χ1) is 11.1. The van der Waals surface area contributed by atoms with E-state index in [1.807, 2.05) is 0 Å². The second kappa shape index (κ2) is 8.38. The molecule has 1 aromatic carbocycles. The van der Waals surface area contributed by atoms with Crippen LogP contribution in [0.2, 0.25) is 0 Å². The van der Waals surface area contributed by atoms with Crippen molar-refractivity contribution in [1.82, 2.24) is 10.9 Å². The summed E-state index contributed by atoms with van der Waals surface area (Å²) in [4.78, 5) is 34.6. The molecule has 2 aromatic rings. The molecule has 0 unspecified atom stereocenters. The van der Waals surface area contributed by atoms with Crippen molar-refractivity contribution in [2.45, 2.75) is 12.8 Å². The Morgan fingerprint density at radius 1 is 1.00 bits per heavy atom. The van der Waals surface area contributed by atoms with Crippen LogP contribution in [0.1, 0.15) is 22.5 Å². The molecule has 2 N–H and O–H groups in total. The molecule has 7 heteroatoms. The lowest BCUT2D eigenvalue weighted by Gasteiger charge is -2.08. The van der Waals surface area contributed by atoms with Crippen LogP contribution >= 0.6 is 0 Å². The van der Waals surface area contributed by atoms with Crippen LogP contribution in [-0.2, 0) is 20.7 Å². The van der Waals surface area contributed by atoms with E-state index in [0.29, 0.717) is 17.7 Å². The normalized spacial score (nSPS) is 9.91. The summed E-state index contributed by atoms with van der Waals surface area (Å²) < 4.78 is 9.88. The zero-order chi connectivity index (χ0) is 16.5. The molecule has 1 heterocycles. The molecule has 0 bridgehead atoms. The highest BCUT2D eigenvalue weighted by Crippen LogP contribution is 2.04. The van der Waals surface area contributed by atoms with E-state index in [4.69, 9.17) is 9.15 Å². The van der Waals surface area contributed by atoms with E-state index in [1.165, 1.54) is 6.26 Å². The maximum absolute atomic E-state index is 11.7. The van der Waals surface area contributed by atoms with Crippen LogP contribution in [0.4, 0.5) is 0 Å². The molecular weight excluding hydrogens is 300 g/mol. The summed E-state index contributed by atoms with van der Waals surface area (Å²) in [6.07, 6.45) is 2.03. The molecule has 0 aliphatic carbocycles. The number of amides is 2. The molecule has 0 radical (unpaired) electrons. The number of carbonyl (C=O) groups is 3. The summed E-state index contributed by atoms with van der Waals surface area (Å²) in [7, 11) is 0. The van der Waals surface area contributed by atoms with E-state index in [-0.39, 0.29) is 6.42 Å². The number of hydrogen-bond donors (Lipinski definition) is 2. The summed E-state index contributed by atoms with van der Waals surface area (Å²) in [5.74, 6) is -0.934. The van der Waals surface area contributed by atoms with E-state index < -0.39 is 24.4 Å². The Balaban J connectivity index is 1.63. The second-order valence-corrected chi connectivity index (χ2v) is 4.61. The number of carbonyl (C=O) groups excluding carboxylic acids is 3. The minimum Gasteiger partial charge on any atom is -0.469 e. The zero-order valence-electron chi connectivity index (χ0n) is 12.3. The molecule has 2 rings (SSSR count). The van der Waals surface area contributed by atoms with Gasteiger partial charge in [0.25, 0.3) is 11.8 Å². The zero-order valence-corrected chi connectivity index (χ0v) is 12.3. The summed E-state index contributed by atoms with van der Waals surface area (Å²) in [5, 5.41) is 0. The minimum atomic E-state index is -0.624. The fourth-order valence-electron chi connectivity index (χ4n) is 1.72. The monoisotopic (exact) mass is 316 g/mol. The fraction of sp³-hybridized carbons (Fsp3) is 0.188. The Morgan fingerprint density at radius 2 is 1.78 bits per heavy atom. The summed E-state index contributed by atoms with van der Waals surface area (Å²) in [5.41, 5.74) is 4.81. The summed E-state index contributed by atoms with van der Waals surface area (Å²) in [6, 6.07) is 11.9. The molecule has 0 saturated carbocycles. The number of hydrogen-bond acceptors (Lipinski definition) is 5. The number of ether oxygens (including phenoxy) is 1. The maximum atomic E-state index is 11.7. The predicted octanol–water partition coefficient (Wildman–Crippen LogP) is 1.22. The highest BCUT2D eigenvalue weighted by atomic mass is 16.5. The van der Waals surface area contributed by atoms with Crippen LogP contribution in [0.3, 0.4) is 0 Å². The van der Waals surface area contributed by atoms with Crippen molar-refractivity contribution in [3.05, 3.63) is 60.1 Å². The van der Waals surface area contributed by atoms with Crippen molar-refractivity contribution in [3.63, 3.8) is 0 Å². The van der Waals surface area contributed by atoms with Gasteiger partial charge in [0, 0.05) is 12.0 Å². The van der Waals surface area contributed by atoms with Gasteiger partial charge >= 0.3 is 5.97 Å². The molecular formula is C16H16N2O5. The highest BCUT2D eigenvalue weighted by Gasteiger charge is 2.10. The largest absolute Gasteiger partial charge is 0.469 e. The molecule has 0 fully saturated rings. The second-order valence-electron chi connectivity index (χ2n) is 4.61. The van der Waals surface area contributed by atoms with Gasteiger partial charge in [0.1, 0.15) is 5.76 Å². The molecule has 0 atom stereocenters. The van der Waals surface area contributed by atoms with Gasteiger partial charge in [-0.05, 0) is 24.3 Å². The van der Waals surface area contributed by atoms with Crippen molar-refractivity contribution in [2.24, 2.45) is 0 Å². The SMILES string of the molecule is O=C(COC(=O)CCc1ccco1)NNC(=O)c1ccccc1. The first kappa shape index (κ1) is 16.3. The molecule has 0 spiro atoms. The van der Waals surface area contributed by atoms with Gasteiger partial charge in [-0.1, -0.05) is 18.2 Å². The Bertz CT molecular complexity index is 652. The van der Waals surface area contributed by atoms with Gasteiger partial charge < -0.3 is 9.15 Å². The third-order valence-corrected chi connectivity index (χ3v) is 2.87. The van der Waals surface area contributed by atoms with E-state index in [0.717, 1.165) is 0 Å². The molecule has 0 aliphatic heterocycles. The van der Waals surface area contributed by atoms with Gasteiger partial charge in [0.15, 0.2) is 6.61 Å². The predicted molar refractivity (Wildman–Crippen MR) is 80.0 cm³/mol. The van der Waals surface area contributed by atoms with Crippen molar-refractivity contribution in [2.75, 3.05) is 6.61 Å². The first-order valence-corrected chi connectivity index (χ1v) is 6.97. The van der Waals surface area contributed by atoms with Gasteiger partial charge in [-0.2, -0.15) is 0 Å². The van der Waals surface area contributed by atoms with Crippen molar-refractivity contribution < 1.29 is 23.5 Å². The lowest BCUT2D eigenvalue weighted by atomic mass is 10.2. The van der Waals surface area contributed by atoms with Crippen LogP contribution in [-0.4, -0.2) is 24.4 Å². The lowest BCUT2D eigenvalue weighted by Crippen LogP contribution is -2.43. The minimum absolute atomic E-state index is 0.108. The van der Waals surface area contributed by atoms with Gasteiger partial charge in [-0.15, -0.1) is 0 Å². The Morgan fingerprint density at radius 3 is 2.48 bits per heavy atom. The molecule has 2 amide bonds. The number of nitrogens with one attached hydrogen (secondary N) is 2. The van der Waals surface area contributed by atoms with E-state index in [1.54, 1.807) is 42.5 Å². The summed E-state index contributed by atoms with van der Waals surface area (Å²) >= 11 is 0. The number of aryl methyl sites for hydroxylation is 1. The molecule has 0 saturated heterocycles. The van der Waals surface area contributed by atoms with Crippen molar-refractivity contribution >= 4 is 17.8 Å². The van der Waals surface area contributed by atoms with Crippen molar-refractivity contribution in [3.8, 4) is 0 Å². The third kappa shape index (κ3) is 5.66. The molecule has 120 valence electrons. The highest BCUT2D eigenvalue weighted by molar-refractivity contribution is 5.95. The topological polar surface area (TPSA) is 97.6 Å². The van der Waals surface area contributed by atoms with Crippen LogP contribution in [0.15, 0.2) is 53.1 Å². The average Bonchev–Trinajstić information content (AvgIpc) is 3.10. The van der Waals surface area contributed by atoms with Gasteiger partial charge in [-0.25, -0.2) is 0 Å². The number of rotatable bonds is 6. The smallest absolute Gasteiger partial charge is 0.306 e. The van der Waals surface area contributed by atoms with Gasteiger partial charge in [0.2, 0.25) is 0 Å². The quantitative estimate of drug-likeness (QED) is 0.617. The van der Waals surface area contributed by atoms with Gasteiger partial charge in [-0.3, -0.25) is 25.2 Å². The number of hydrazine groups is 1. The standard InChI is InChI=1S/C16H16N2O5/c19-14(17-18-16(21)12-5-2-1-3-6-12)11-23-15(20)9-8-13-7-4-10-22-13/h1-7,10H,8-9,11H2,(H,17,19)(H,18,21). The average molecular weight is 316 g/mol. The number of furan rings is 1. The van der Waals surface area contributed by atoms with E-state index in [9.17, 15) is 14.4 Å². The third-order valence-electron chi connectivity index (χ3n) is 2.87. The molecule has 0 aliphatic rings. The Kier molecular flexibility index (Phi) is 5.93. The Labute approximate surface area is 132 Å². The van der Waals surface area contributed by atoms with Crippen LogP contribution in [0.25, 0.3) is 0 Å². The van der Waals surface area contributed by atoms with Crippen molar-refractivity contribution in [1.29, 1.82) is 0 Å². The van der Waals surface area contributed by atoms with E-state index >= 15 is 0 Å². The lowest BCUT2D eigenvalue weighted by molar-refractivity contribution is -0.148. The fourth-order valence-corrected chi connectivity index (χ4v) is 1.72. The summed E-state index contributed by atoms with van der Waals surface area (Å²) in [6.45, 7) is -0.466. The Hall–Kier alpha value is -3.09. The van der Waals surface area contributed by atoms with Crippen LogP contribution in [0.5, 0.6) is 0 Å². The maximum Gasteiger partial charge on any atom is 0.306 e. The number of esters is 1. The first-order valence-electron chi connectivity index (χ1n) is 6.97. The number of benzene rings is 1. The van der Waals surface area contributed by atoms with Crippen LogP contribution < -0.4 is 10.9 Å².